The number of aliphatic hydroxyl groups is 1. The fourth-order valence-electron chi connectivity index (χ4n) is 1.72. The predicted molar refractivity (Wildman–Crippen MR) is 50.9 cm³/mol. The van der Waals surface area contributed by atoms with Gasteiger partial charge in [-0.15, -0.1) is 0 Å². The zero-order chi connectivity index (χ0) is 8.70. The van der Waals surface area contributed by atoms with E-state index in [-0.39, 0.29) is 5.41 Å². The van der Waals surface area contributed by atoms with E-state index >= 15 is 0 Å². The molecule has 0 spiro atoms. The first-order chi connectivity index (χ1) is 4.88. The molecule has 0 aromatic heterocycles. The monoisotopic (exact) mass is 174 g/mol. The summed E-state index contributed by atoms with van der Waals surface area (Å²) >= 11 is 1.88. The molecule has 2 heteroatoms. The Morgan fingerprint density at radius 3 is 2.18 bits per heavy atom. The molecule has 1 saturated heterocycles. The standard InChI is InChI=1S/C9H18OS/c1-7-9(10,5-6-11-7)8(2,3)4/h7,10H,5-6H2,1-4H3. The van der Waals surface area contributed by atoms with E-state index in [1.807, 2.05) is 11.8 Å². The van der Waals surface area contributed by atoms with Crippen LogP contribution in [0, 0.1) is 5.41 Å². The highest BCUT2D eigenvalue weighted by Gasteiger charge is 2.47. The van der Waals surface area contributed by atoms with Crippen LogP contribution in [-0.4, -0.2) is 21.7 Å². The van der Waals surface area contributed by atoms with Crippen LogP contribution < -0.4 is 0 Å². The van der Waals surface area contributed by atoms with Gasteiger partial charge in [0, 0.05) is 5.25 Å². The smallest absolute Gasteiger partial charge is 0.0818 e. The molecular formula is C9H18OS. The van der Waals surface area contributed by atoms with Gasteiger partial charge in [0.2, 0.25) is 0 Å². The summed E-state index contributed by atoms with van der Waals surface area (Å²) in [6.07, 6.45) is 0.947. The highest BCUT2D eigenvalue weighted by molar-refractivity contribution is 8.00. The van der Waals surface area contributed by atoms with E-state index in [1.165, 1.54) is 0 Å². The zero-order valence-electron chi connectivity index (χ0n) is 7.85. The zero-order valence-corrected chi connectivity index (χ0v) is 8.66. The van der Waals surface area contributed by atoms with E-state index in [9.17, 15) is 5.11 Å². The molecule has 1 heterocycles. The van der Waals surface area contributed by atoms with Gasteiger partial charge in [0.1, 0.15) is 0 Å². The third-order valence-corrected chi connectivity index (χ3v) is 4.15. The number of hydrogen-bond acceptors (Lipinski definition) is 2. The van der Waals surface area contributed by atoms with Gasteiger partial charge < -0.3 is 5.11 Å². The first-order valence-electron chi connectivity index (χ1n) is 4.22. The van der Waals surface area contributed by atoms with E-state index in [0.717, 1.165) is 12.2 Å². The predicted octanol–water partition coefficient (Wildman–Crippen LogP) is 2.29. The fraction of sp³-hybridized carbons (Fsp3) is 1.00. The third kappa shape index (κ3) is 1.43. The molecule has 11 heavy (non-hydrogen) atoms. The topological polar surface area (TPSA) is 20.2 Å². The molecule has 1 fully saturated rings. The lowest BCUT2D eigenvalue weighted by molar-refractivity contribution is -0.0521. The highest BCUT2D eigenvalue weighted by atomic mass is 32.2. The Labute approximate surface area is 73.6 Å². The molecule has 0 aromatic rings. The van der Waals surface area contributed by atoms with Crippen molar-refractivity contribution >= 4 is 11.8 Å². The van der Waals surface area contributed by atoms with Crippen molar-refractivity contribution in [3.8, 4) is 0 Å². The van der Waals surface area contributed by atoms with Gasteiger partial charge in [-0.05, 0) is 17.6 Å². The van der Waals surface area contributed by atoms with Crippen LogP contribution in [0.15, 0.2) is 0 Å². The highest BCUT2D eigenvalue weighted by Crippen LogP contribution is 2.46. The van der Waals surface area contributed by atoms with Gasteiger partial charge in [-0.25, -0.2) is 0 Å². The molecule has 0 bridgehead atoms. The van der Waals surface area contributed by atoms with Crippen LogP contribution in [0.4, 0.5) is 0 Å². The minimum Gasteiger partial charge on any atom is -0.388 e. The average molecular weight is 174 g/mol. The van der Waals surface area contributed by atoms with E-state index in [2.05, 4.69) is 27.7 Å². The van der Waals surface area contributed by atoms with Gasteiger partial charge in [0.25, 0.3) is 0 Å². The Morgan fingerprint density at radius 2 is 2.00 bits per heavy atom. The molecule has 1 nitrogen and oxygen atoms in total. The SMILES string of the molecule is CC1SCCC1(O)C(C)(C)C. The Bertz CT molecular complexity index is 150. The first kappa shape index (κ1) is 9.40. The van der Waals surface area contributed by atoms with Crippen LogP contribution in [0.1, 0.15) is 34.1 Å². The van der Waals surface area contributed by atoms with E-state index in [4.69, 9.17) is 0 Å². The first-order valence-corrected chi connectivity index (χ1v) is 5.27. The Hall–Kier alpha value is 0.310. The molecule has 1 rings (SSSR count). The molecule has 1 aliphatic heterocycles. The maximum absolute atomic E-state index is 10.3. The second kappa shape index (κ2) is 2.67. The van der Waals surface area contributed by atoms with Crippen LogP contribution >= 0.6 is 11.8 Å². The van der Waals surface area contributed by atoms with E-state index in [1.54, 1.807) is 0 Å². The van der Waals surface area contributed by atoms with Gasteiger partial charge >= 0.3 is 0 Å². The molecule has 0 saturated carbocycles. The number of rotatable bonds is 0. The van der Waals surface area contributed by atoms with Crippen LogP contribution in [0.25, 0.3) is 0 Å². The summed E-state index contributed by atoms with van der Waals surface area (Å²) < 4.78 is 0. The minimum absolute atomic E-state index is 0.0237. The molecule has 2 atom stereocenters. The lowest BCUT2D eigenvalue weighted by Crippen LogP contribution is -2.47. The molecular weight excluding hydrogens is 156 g/mol. The fourth-order valence-corrected chi connectivity index (χ4v) is 3.25. The summed E-state index contributed by atoms with van der Waals surface area (Å²) in [6, 6.07) is 0. The second-order valence-electron chi connectivity index (χ2n) is 4.44. The van der Waals surface area contributed by atoms with Crippen molar-refractivity contribution in [1.29, 1.82) is 0 Å². The molecule has 1 N–H and O–H groups in total. The summed E-state index contributed by atoms with van der Waals surface area (Å²) in [5.74, 6) is 1.11. The van der Waals surface area contributed by atoms with Gasteiger partial charge in [-0.1, -0.05) is 27.7 Å². The summed E-state index contributed by atoms with van der Waals surface area (Å²) in [4.78, 5) is 0. The Morgan fingerprint density at radius 1 is 1.45 bits per heavy atom. The molecule has 0 aromatic carbocycles. The molecule has 0 radical (unpaired) electrons. The number of hydrogen-bond donors (Lipinski definition) is 1. The maximum atomic E-state index is 10.3. The quantitative estimate of drug-likeness (QED) is 0.608. The van der Waals surface area contributed by atoms with Gasteiger partial charge in [-0.3, -0.25) is 0 Å². The van der Waals surface area contributed by atoms with Crippen molar-refractivity contribution in [1.82, 2.24) is 0 Å². The largest absolute Gasteiger partial charge is 0.388 e. The average Bonchev–Trinajstić information content (AvgIpc) is 2.12. The Balaban J connectivity index is 2.81. The van der Waals surface area contributed by atoms with Gasteiger partial charge in [0.05, 0.1) is 5.60 Å². The van der Waals surface area contributed by atoms with Crippen LogP contribution in [0.5, 0.6) is 0 Å². The van der Waals surface area contributed by atoms with Crippen molar-refractivity contribution in [3.05, 3.63) is 0 Å². The molecule has 1 aliphatic rings. The molecule has 2 unspecified atom stereocenters. The van der Waals surface area contributed by atoms with Crippen molar-refractivity contribution in [3.63, 3.8) is 0 Å². The Kier molecular flexibility index (Phi) is 2.28. The van der Waals surface area contributed by atoms with Crippen LogP contribution in [-0.2, 0) is 0 Å². The third-order valence-electron chi connectivity index (χ3n) is 2.82. The summed E-state index contributed by atoms with van der Waals surface area (Å²) in [5, 5.41) is 10.7. The lowest BCUT2D eigenvalue weighted by atomic mass is 9.73. The van der Waals surface area contributed by atoms with Crippen molar-refractivity contribution in [2.24, 2.45) is 5.41 Å². The normalized spacial score (nSPS) is 39.5. The number of thioether (sulfide) groups is 1. The molecule has 0 aliphatic carbocycles. The van der Waals surface area contributed by atoms with Gasteiger partial charge in [-0.2, -0.15) is 11.8 Å². The summed E-state index contributed by atoms with van der Waals surface area (Å²) in [5.41, 5.74) is -0.423. The van der Waals surface area contributed by atoms with Crippen LogP contribution in [0.2, 0.25) is 0 Å². The summed E-state index contributed by atoms with van der Waals surface area (Å²) in [7, 11) is 0. The van der Waals surface area contributed by atoms with Crippen LogP contribution in [0.3, 0.4) is 0 Å². The lowest BCUT2D eigenvalue weighted by Gasteiger charge is -2.39. The van der Waals surface area contributed by atoms with Crippen molar-refractivity contribution in [2.45, 2.75) is 45.0 Å². The summed E-state index contributed by atoms with van der Waals surface area (Å²) in [6.45, 7) is 8.49. The minimum atomic E-state index is -0.447. The molecule has 0 amide bonds. The maximum Gasteiger partial charge on any atom is 0.0818 e. The second-order valence-corrected chi connectivity index (χ2v) is 5.89. The van der Waals surface area contributed by atoms with E-state index < -0.39 is 5.60 Å². The van der Waals surface area contributed by atoms with Crippen molar-refractivity contribution < 1.29 is 5.11 Å². The molecule has 66 valence electrons. The van der Waals surface area contributed by atoms with Gasteiger partial charge in [0.15, 0.2) is 0 Å². The van der Waals surface area contributed by atoms with E-state index in [0.29, 0.717) is 5.25 Å². The van der Waals surface area contributed by atoms with Crippen molar-refractivity contribution in [2.75, 3.05) is 5.75 Å².